The van der Waals surface area contributed by atoms with E-state index >= 15 is 0 Å². The van der Waals surface area contributed by atoms with Gasteiger partial charge >= 0.3 is 0 Å². The zero-order chi connectivity index (χ0) is 18.1. The average molecular weight is 370 g/mol. The number of anilines is 1. The zero-order valence-electron chi connectivity index (χ0n) is 13.9. The minimum Gasteiger partial charge on any atom is -0.392 e. The largest absolute Gasteiger partial charge is 0.392 e. The number of amides is 1. The van der Waals surface area contributed by atoms with E-state index in [4.69, 9.17) is 14.4 Å². The predicted molar refractivity (Wildman–Crippen MR) is 90.6 cm³/mol. The molecule has 2 heterocycles. The lowest BCUT2D eigenvalue weighted by Gasteiger charge is -2.42. The molecule has 0 spiro atoms. The summed E-state index contributed by atoms with van der Waals surface area (Å²) in [4.78, 5) is 12.8. The molecule has 1 saturated carbocycles. The van der Waals surface area contributed by atoms with Crippen molar-refractivity contribution in [3.8, 4) is 0 Å². The van der Waals surface area contributed by atoms with Crippen molar-refractivity contribution >= 4 is 27.2 Å². The maximum atomic E-state index is 13.1. The minimum absolute atomic E-state index is 0.0445. The summed E-state index contributed by atoms with van der Waals surface area (Å²) in [5.74, 6) is -0.536. The standard InChI is InChI=1S/C16H22N2O6S/c1-11(10-19)13-9-14(24-18-13)17-15(20)16(5-2-6-16)25(21,22)12-3-7-23-8-4-12/h9,12,19H,1-8,10H2,(H,17,20). The second-order valence-electron chi connectivity index (χ2n) is 6.50. The third kappa shape index (κ3) is 3.11. The summed E-state index contributed by atoms with van der Waals surface area (Å²) in [5.41, 5.74) is 0.658. The molecular weight excluding hydrogens is 348 g/mol. The van der Waals surface area contributed by atoms with Crippen LogP contribution in [0.2, 0.25) is 0 Å². The number of hydrogen-bond acceptors (Lipinski definition) is 7. The number of rotatable bonds is 6. The van der Waals surface area contributed by atoms with Gasteiger partial charge in [-0.25, -0.2) is 8.42 Å². The fourth-order valence-electron chi connectivity index (χ4n) is 3.25. The molecule has 2 N–H and O–H groups in total. The van der Waals surface area contributed by atoms with Crippen molar-refractivity contribution in [2.75, 3.05) is 25.1 Å². The van der Waals surface area contributed by atoms with Crippen molar-refractivity contribution in [3.63, 3.8) is 0 Å². The van der Waals surface area contributed by atoms with Gasteiger partial charge in [-0.3, -0.25) is 10.1 Å². The Morgan fingerprint density at radius 2 is 2.08 bits per heavy atom. The van der Waals surface area contributed by atoms with Gasteiger partial charge in [-0.1, -0.05) is 11.7 Å². The molecule has 138 valence electrons. The van der Waals surface area contributed by atoms with Crippen molar-refractivity contribution in [1.29, 1.82) is 0 Å². The second-order valence-corrected chi connectivity index (χ2v) is 9.03. The van der Waals surface area contributed by atoms with Gasteiger partial charge in [0.1, 0.15) is 5.69 Å². The summed E-state index contributed by atoms with van der Waals surface area (Å²) in [5, 5.41) is 14.7. The van der Waals surface area contributed by atoms with Crippen LogP contribution in [0.15, 0.2) is 17.2 Å². The van der Waals surface area contributed by atoms with Crippen LogP contribution in [-0.4, -0.2) is 54.4 Å². The van der Waals surface area contributed by atoms with E-state index in [1.807, 2.05) is 0 Å². The van der Waals surface area contributed by atoms with Crippen molar-refractivity contribution in [2.45, 2.75) is 42.1 Å². The average Bonchev–Trinajstić information content (AvgIpc) is 3.02. The van der Waals surface area contributed by atoms with Crippen LogP contribution >= 0.6 is 0 Å². The molecule has 0 aromatic carbocycles. The number of ether oxygens (including phenoxy) is 1. The van der Waals surface area contributed by atoms with Gasteiger partial charge in [0, 0.05) is 19.3 Å². The van der Waals surface area contributed by atoms with E-state index in [1.54, 1.807) is 0 Å². The number of nitrogens with one attached hydrogen (secondary N) is 1. The highest BCUT2D eigenvalue weighted by Gasteiger charge is 2.57. The fraction of sp³-hybridized carbons (Fsp3) is 0.625. The first-order valence-corrected chi connectivity index (χ1v) is 9.84. The van der Waals surface area contributed by atoms with Crippen molar-refractivity contribution in [2.24, 2.45) is 0 Å². The Morgan fingerprint density at radius 3 is 2.64 bits per heavy atom. The van der Waals surface area contributed by atoms with Crippen LogP contribution in [0.3, 0.4) is 0 Å². The van der Waals surface area contributed by atoms with Gasteiger partial charge in [0.25, 0.3) is 0 Å². The summed E-state index contributed by atoms with van der Waals surface area (Å²) in [6.45, 7) is 4.13. The molecule has 3 rings (SSSR count). The van der Waals surface area contributed by atoms with Crippen molar-refractivity contribution < 1.29 is 27.6 Å². The van der Waals surface area contributed by atoms with E-state index in [1.165, 1.54) is 6.07 Å². The van der Waals surface area contributed by atoms with Crippen LogP contribution in [0, 0.1) is 0 Å². The highest BCUT2D eigenvalue weighted by molar-refractivity contribution is 7.94. The molecule has 1 aromatic rings. The molecule has 1 aliphatic carbocycles. The summed E-state index contributed by atoms with van der Waals surface area (Å²) in [6.07, 6.45) is 2.14. The lowest BCUT2D eigenvalue weighted by atomic mass is 9.83. The van der Waals surface area contributed by atoms with E-state index in [0.29, 0.717) is 56.6 Å². The molecular formula is C16H22N2O6S. The number of aromatic nitrogens is 1. The highest BCUT2D eigenvalue weighted by atomic mass is 32.2. The lowest BCUT2D eigenvalue weighted by molar-refractivity contribution is -0.120. The Labute approximate surface area is 146 Å². The van der Waals surface area contributed by atoms with Crippen LogP contribution in [0.5, 0.6) is 0 Å². The highest BCUT2D eigenvalue weighted by Crippen LogP contribution is 2.44. The molecule has 2 fully saturated rings. The molecule has 2 aliphatic rings. The summed E-state index contributed by atoms with van der Waals surface area (Å²) < 4.78 is 35.0. The van der Waals surface area contributed by atoms with Gasteiger partial charge in [-0.2, -0.15) is 0 Å². The first kappa shape index (κ1) is 18.1. The SMILES string of the molecule is C=C(CO)c1cc(NC(=O)C2(S(=O)(=O)C3CCOCC3)CCC2)on1. The zero-order valence-corrected chi connectivity index (χ0v) is 14.7. The van der Waals surface area contributed by atoms with Crippen molar-refractivity contribution in [1.82, 2.24) is 5.16 Å². The molecule has 1 saturated heterocycles. The van der Waals surface area contributed by atoms with E-state index in [9.17, 15) is 13.2 Å². The smallest absolute Gasteiger partial charge is 0.248 e. The van der Waals surface area contributed by atoms with Gasteiger partial charge < -0.3 is 14.4 Å². The Balaban J connectivity index is 1.78. The Bertz CT molecular complexity index is 759. The molecule has 1 aromatic heterocycles. The molecule has 0 bridgehead atoms. The van der Waals surface area contributed by atoms with E-state index in [2.05, 4.69) is 17.1 Å². The van der Waals surface area contributed by atoms with Crippen LogP contribution in [0.1, 0.15) is 37.8 Å². The van der Waals surface area contributed by atoms with E-state index in [-0.39, 0.29) is 12.5 Å². The van der Waals surface area contributed by atoms with Crippen LogP contribution in [0.4, 0.5) is 5.88 Å². The van der Waals surface area contributed by atoms with E-state index < -0.39 is 25.7 Å². The van der Waals surface area contributed by atoms with Gasteiger partial charge in [0.2, 0.25) is 11.8 Å². The van der Waals surface area contributed by atoms with Gasteiger partial charge in [0.05, 0.1) is 11.9 Å². The van der Waals surface area contributed by atoms with Crippen LogP contribution in [-0.2, 0) is 19.4 Å². The second kappa shape index (κ2) is 6.89. The number of carbonyl (C=O) groups is 1. The van der Waals surface area contributed by atoms with Gasteiger partial charge in [-0.05, 0) is 37.7 Å². The fourth-order valence-corrected chi connectivity index (χ4v) is 5.87. The molecule has 1 aliphatic heterocycles. The van der Waals surface area contributed by atoms with Crippen LogP contribution in [0.25, 0.3) is 5.57 Å². The normalized spacial score (nSPS) is 20.7. The van der Waals surface area contributed by atoms with Gasteiger partial charge in [0.15, 0.2) is 14.6 Å². The first-order chi connectivity index (χ1) is 11.9. The number of aliphatic hydroxyl groups excluding tert-OH is 1. The van der Waals surface area contributed by atoms with Crippen molar-refractivity contribution in [3.05, 3.63) is 18.3 Å². The lowest BCUT2D eigenvalue weighted by Crippen LogP contribution is -2.58. The third-order valence-electron chi connectivity index (χ3n) is 5.03. The molecule has 0 radical (unpaired) electrons. The number of hydrogen-bond donors (Lipinski definition) is 2. The summed E-state index contributed by atoms with van der Waals surface area (Å²) in [7, 11) is -3.63. The number of nitrogens with zero attached hydrogens (tertiary/aromatic N) is 1. The maximum absolute atomic E-state index is 13.1. The molecule has 0 atom stereocenters. The number of carbonyl (C=O) groups excluding carboxylic acids is 1. The number of aliphatic hydroxyl groups is 1. The van der Waals surface area contributed by atoms with E-state index in [0.717, 1.165) is 0 Å². The molecule has 1 amide bonds. The topological polar surface area (TPSA) is 119 Å². The first-order valence-electron chi connectivity index (χ1n) is 8.29. The Kier molecular flexibility index (Phi) is 4.99. The number of sulfone groups is 1. The Morgan fingerprint density at radius 1 is 1.40 bits per heavy atom. The predicted octanol–water partition coefficient (Wildman–Crippen LogP) is 1.14. The molecule has 9 heteroatoms. The summed E-state index contributed by atoms with van der Waals surface area (Å²) >= 11 is 0. The molecule has 8 nitrogen and oxygen atoms in total. The monoisotopic (exact) mass is 370 g/mol. The van der Waals surface area contributed by atoms with Gasteiger partial charge in [-0.15, -0.1) is 0 Å². The quantitative estimate of drug-likeness (QED) is 0.770. The van der Waals surface area contributed by atoms with Crippen LogP contribution < -0.4 is 5.32 Å². The third-order valence-corrected chi connectivity index (χ3v) is 8.06. The summed E-state index contributed by atoms with van der Waals surface area (Å²) in [6, 6.07) is 1.42. The molecule has 0 unspecified atom stereocenters. The Hall–Kier alpha value is -1.71. The molecule has 25 heavy (non-hydrogen) atoms. The maximum Gasteiger partial charge on any atom is 0.248 e. The minimum atomic E-state index is -3.63.